The van der Waals surface area contributed by atoms with Crippen molar-refractivity contribution >= 4 is 23.2 Å². The molecule has 2 rings (SSSR count). The summed E-state index contributed by atoms with van der Waals surface area (Å²) in [6.07, 6.45) is 0.859. The van der Waals surface area contributed by atoms with E-state index >= 15 is 0 Å². The lowest BCUT2D eigenvalue weighted by molar-refractivity contribution is -0.120. The molecule has 0 unspecified atom stereocenters. The quantitative estimate of drug-likeness (QED) is 0.774. The second kappa shape index (κ2) is 8.89. The molecule has 0 aliphatic carbocycles. The average molecular weight is 333 g/mol. The first kappa shape index (κ1) is 17.0. The van der Waals surface area contributed by atoms with E-state index in [1.807, 2.05) is 12.3 Å². The summed E-state index contributed by atoms with van der Waals surface area (Å²) >= 11 is 1.50. The highest BCUT2D eigenvalue weighted by atomic mass is 32.1. The van der Waals surface area contributed by atoms with Crippen LogP contribution in [0.5, 0.6) is 5.75 Å². The Hall–Kier alpha value is -2.41. The molecule has 1 aromatic carbocycles. The predicted molar refractivity (Wildman–Crippen MR) is 88.5 cm³/mol. The normalized spacial score (nSPS) is 10.1. The van der Waals surface area contributed by atoms with E-state index in [4.69, 9.17) is 4.74 Å². The van der Waals surface area contributed by atoms with Crippen LogP contribution in [0.15, 0.2) is 35.2 Å². The van der Waals surface area contributed by atoms with Gasteiger partial charge >= 0.3 is 0 Å². The Bertz CT molecular complexity index is 644. The van der Waals surface area contributed by atoms with Crippen molar-refractivity contribution in [3.8, 4) is 5.75 Å². The van der Waals surface area contributed by atoms with Crippen molar-refractivity contribution < 1.29 is 14.3 Å². The van der Waals surface area contributed by atoms with Crippen LogP contribution in [-0.2, 0) is 11.4 Å². The van der Waals surface area contributed by atoms with Gasteiger partial charge in [-0.25, -0.2) is 4.98 Å². The predicted octanol–water partition coefficient (Wildman–Crippen LogP) is 1.98. The van der Waals surface area contributed by atoms with Crippen LogP contribution in [0.2, 0.25) is 0 Å². The van der Waals surface area contributed by atoms with Crippen molar-refractivity contribution in [2.45, 2.75) is 20.0 Å². The van der Waals surface area contributed by atoms with Crippen molar-refractivity contribution in [1.29, 1.82) is 0 Å². The van der Waals surface area contributed by atoms with Gasteiger partial charge in [0.25, 0.3) is 5.91 Å². The van der Waals surface area contributed by atoms with Gasteiger partial charge in [0.2, 0.25) is 5.91 Å². The maximum absolute atomic E-state index is 12.1. The summed E-state index contributed by atoms with van der Waals surface area (Å²) in [4.78, 5) is 27.7. The largest absolute Gasteiger partial charge is 0.487 e. The Morgan fingerprint density at radius 2 is 2.17 bits per heavy atom. The summed E-state index contributed by atoms with van der Waals surface area (Å²) in [7, 11) is 0. The van der Waals surface area contributed by atoms with Gasteiger partial charge in [-0.15, -0.1) is 11.3 Å². The highest BCUT2D eigenvalue weighted by molar-refractivity contribution is 7.07. The summed E-state index contributed by atoms with van der Waals surface area (Å²) in [5, 5.41) is 7.20. The molecule has 0 fully saturated rings. The monoisotopic (exact) mass is 333 g/mol. The second-order valence-corrected chi connectivity index (χ2v) is 5.55. The second-order valence-electron chi connectivity index (χ2n) is 4.83. The van der Waals surface area contributed by atoms with Crippen LogP contribution in [0.25, 0.3) is 0 Å². The van der Waals surface area contributed by atoms with E-state index < -0.39 is 0 Å². The zero-order valence-corrected chi connectivity index (χ0v) is 13.7. The number of carbonyl (C=O) groups is 2. The summed E-state index contributed by atoms with van der Waals surface area (Å²) in [6, 6.07) is 6.83. The molecule has 0 saturated carbocycles. The van der Waals surface area contributed by atoms with E-state index in [0.717, 1.165) is 12.1 Å². The molecule has 0 aliphatic heterocycles. The highest BCUT2D eigenvalue weighted by Crippen LogP contribution is 2.15. The maximum atomic E-state index is 12.1. The summed E-state index contributed by atoms with van der Waals surface area (Å²) in [5.74, 6) is 0.0768. The average Bonchev–Trinajstić information content (AvgIpc) is 3.09. The number of benzene rings is 1. The van der Waals surface area contributed by atoms with Crippen molar-refractivity contribution in [2.24, 2.45) is 0 Å². The fourth-order valence-corrected chi connectivity index (χ4v) is 2.33. The first-order chi connectivity index (χ1) is 11.2. The van der Waals surface area contributed by atoms with Gasteiger partial charge < -0.3 is 15.4 Å². The van der Waals surface area contributed by atoms with Crippen LogP contribution in [0.3, 0.4) is 0 Å². The Morgan fingerprint density at radius 3 is 2.91 bits per heavy atom. The molecular weight excluding hydrogens is 314 g/mol. The lowest BCUT2D eigenvalue weighted by Gasteiger charge is -2.08. The molecule has 0 spiro atoms. The molecule has 1 aromatic heterocycles. The number of nitrogens with one attached hydrogen (secondary N) is 2. The van der Waals surface area contributed by atoms with Gasteiger partial charge in [-0.05, 0) is 24.6 Å². The van der Waals surface area contributed by atoms with E-state index in [0.29, 0.717) is 24.5 Å². The Morgan fingerprint density at radius 1 is 1.30 bits per heavy atom. The van der Waals surface area contributed by atoms with Gasteiger partial charge in [0, 0.05) is 17.5 Å². The topological polar surface area (TPSA) is 80.3 Å². The lowest BCUT2D eigenvalue weighted by Crippen LogP contribution is -2.37. The number of amides is 2. The molecule has 23 heavy (non-hydrogen) atoms. The fraction of sp³-hybridized carbons (Fsp3) is 0.312. The number of ether oxygens (including phenoxy) is 1. The molecule has 2 N–H and O–H groups in total. The molecule has 7 heteroatoms. The van der Waals surface area contributed by atoms with Crippen molar-refractivity contribution in [3.05, 3.63) is 46.4 Å². The van der Waals surface area contributed by atoms with Gasteiger partial charge in [-0.1, -0.05) is 13.0 Å². The molecule has 0 aliphatic rings. The minimum absolute atomic E-state index is 0.0389. The van der Waals surface area contributed by atoms with Crippen LogP contribution >= 0.6 is 11.3 Å². The molecule has 0 radical (unpaired) electrons. The number of hydrogen-bond donors (Lipinski definition) is 2. The van der Waals surface area contributed by atoms with Crippen molar-refractivity contribution in [2.75, 3.05) is 13.1 Å². The molecule has 2 aromatic rings. The van der Waals surface area contributed by atoms with E-state index in [2.05, 4.69) is 15.6 Å². The molecule has 2 amide bonds. The van der Waals surface area contributed by atoms with Crippen LogP contribution < -0.4 is 15.4 Å². The first-order valence-corrected chi connectivity index (χ1v) is 8.28. The number of aromatic nitrogens is 1. The van der Waals surface area contributed by atoms with E-state index in [9.17, 15) is 9.59 Å². The SMILES string of the molecule is CCCNC(=O)CNC(=O)c1cccc(OCc2cscn2)c1. The van der Waals surface area contributed by atoms with Crippen molar-refractivity contribution in [1.82, 2.24) is 15.6 Å². The van der Waals surface area contributed by atoms with Crippen LogP contribution in [0.4, 0.5) is 0 Å². The van der Waals surface area contributed by atoms with Gasteiger partial charge in [-0.3, -0.25) is 9.59 Å². The number of carbonyl (C=O) groups excluding carboxylic acids is 2. The van der Waals surface area contributed by atoms with Gasteiger partial charge in [0.1, 0.15) is 12.4 Å². The van der Waals surface area contributed by atoms with E-state index in [1.54, 1.807) is 29.8 Å². The molecule has 1 heterocycles. The number of nitrogens with zero attached hydrogens (tertiary/aromatic N) is 1. The zero-order valence-electron chi connectivity index (χ0n) is 12.9. The lowest BCUT2D eigenvalue weighted by atomic mass is 10.2. The third-order valence-corrected chi connectivity index (χ3v) is 3.58. The number of rotatable bonds is 8. The van der Waals surface area contributed by atoms with Crippen LogP contribution in [-0.4, -0.2) is 29.9 Å². The zero-order chi connectivity index (χ0) is 16.5. The van der Waals surface area contributed by atoms with Gasteiger partial charge in [0.15, 0.2) is 0 Å². The van der Waals surface area contributed by atoms with Crippen molar-refractivity contribution in [3.63, 3.8) is 0 Å². The molecule has 122 valence electrons. The summed E-state index contributed by atoms with van der Waals surface area (Å²) in [6.45, 7) is 2.89. The Kier molecular flexibility index (Phi) is 6.56. The third kappa shape index (κ3) is 5.71. The molecule has 0 saturated heterocycles. The van der Waals surface area contributed by atoms with Gasteiger partial charge in [0.05, 0.1) is 17.7 Å². The van der Waals surface area contributed by atoms with E-state index in [1.165, 1.54) is 11.3 Å². The van der Waals surface area contributed by atoms with Crippen LogP contribution in [0.1, 0.15) is 29.4 Å². The molecule has 6 nitrogen and oxygen atoms in total. The number of thiazole rings is 1. The fourth-order valence-electron chi connectivity index (χ4n) is 1.78. The minimum Gasteiger partial charge on any atom is -0.487 e. The van der Waals surface area contributed by atoms with E-state index in [-0.39, 0.29) is 18.4 Å². The number of hydrogen-bond acceptors (Lipinski definition) is 5. The molecule has 0 bridgehead atoms. The maximum Gasteiger partial charge on any atom is 0.251 e. The summed E-state index contributed by atoms with van der Waals surface area (Å²) in [5.41, 5.74) is 3.04. The minimum atomic E-state index is -0.309. The Labute approximate surface area is 138 Å². The van der Waals surface area contributed by atoms with Crippen LogP contribution in [0, 0.1) is 0 Å². The molecular formula is C16H19N3O3S. The Balaban J connectivity index is 1.85. The highest BCUT2D eigenvalue weighted by Gasteiger charge is 2.09. The third-order valence-electron chi connectivity index (χ3n) is 2.95. The molecule has 0 atom stereocenters. The first-order valence-electron chi connectivity index (χ1n) is 7.34. The van der Waals surface area contributed by atoms with Gasteiger partial charge in [-0.2, -0.15) is 0 Å². The standard InChI is InChI=1S/C16H19N3O3S/c1-2-6-17-15(20)8-18-16(21)12-4-3-5-14(7-12)22-9-13-10-23-11-19-13/h3-5,7,10-11H,2,6,8-9H2,1H3,(H,17,20)(H,18,21). The smallest absolute Gasteiger partial charge is 0.251 e. The summed E-state index contributed by atoms with van der Waals surface area (Å²) < 4.78 is 5.60.